The third-order valence-electron chi connectivity index (χ3n) is 4.97. The van der Waals surface area contributed by atoms with E-state index in [9.17, 15) is 22.8 Å². The van der Waals surface area contributed by atoms with E-state index in [1.54, 1.807) is 48.5 Å². The molecule has 0 aliphatic rings. The number of ether oxygens (including phenoxy) is 1. The fourth-order valence-corrected chi connectivity index (χ4v) is 3.38. The van der Waals surface area contributed by atoms with Gasteiger partial charge in [-0.15, -0.1) is 0 Å². The number of benzene rings is 3. The summed E-state index contributed by atoms with van der Waals surface area (Å²) in [6.45, 7) is 0. The fraction of sp³-hybridized carbons (Fsp3) is 0.0833. The number of aromatic nitrogens is 1. The number of carbonyl (C=O) groups excluding carboxylic acids is 1. The molecule has 5 nitrogen and oxygen atoms in total. The van der Waals surface area contributed by atoms with Crippen LogP contribution in [0.15, 0.2) is 83.8 Å². The highest BCUT2D eigenvalue weighted by Crippen LogP contribution is 2.31. The van der Waals surface area contributed by atoms with Gasteiger partial charge in [0.05, 0.1) is 18.2 Å². The Morgan fingerprint density at radius 3 is 2.28 bits per heavy atom. The molecule has 0 saturated heterocycles. The molecule has 4 rings (SSSR count). The van der Waals surface area contributed by atoms with Gasteiger partial charge in [-0.05, 0) is 48.5 Å². The molecule has 0 unspecified atom stereocenters. The van der Waals surface area contributed by atoms with Gasteiger partial charge in [0.25, 0.3) is 11.5 Å². The highest BCUT2D eigenvalue weighted by atomic mass is 19.4. The molecule has 32 heavy (non-hydrogen) atoms. The SMILES string of the molecule is COc1ccc(-n2cc(C(=O)Nc3cccc(C(F)(F)F)c3)c3ccccc3c2=O)cc1. The second-order valence-corrected chi connectivity index (χ2v) is 6.99. The van der Waals surface area contributed by atoms with Crippen LogP contribution in [0, 0.1) is 0 Å². The summed E-state index contributed by atoms with van der Waals surface area (Å²) in [7, 11) is 1.52. The van der Waals surface area contributed by atoms with E-state index >= 15 is 0 Å². The fourth-order valence-electron chi connectivity index (χ4n) is 3.38. The van der Waals surface area contributed by atoms with Crippen LogP contribution in [-0.4, -0.2) is 17.6 Å². The van der Waals surface area contributed by atoms with Crippen LogP contribution in [0.3, 0.4) is 0 Å². The number of hydrogen-bond acceptors (Lipinski definition) is 3. The molecule has 0 aliphatic carbocycles. The van der Waals surface area contributed by atoms with Gasteiger partial charge in [-0.2, -0.15) is 13.2 Å². The predicted molar refractivity (Wildman–Crippen MR) is 115 cm³/mol. The van der Waals surface area contributed by atoms with Gasteiger partial charge in [-0.25, -0.2) is 0 Å². The first-order chi connectivity index (χ1) is 15.3. The average Bonchev–Trinajstić information content (AvgIpc) is 2.79. The Balaban J connectivity index is 1.80. The third kappa shape index (κ3) is 4.07. The van der Waals surface area contributed by atoms with E-state index in [0.717, 1.165) is 12.1 Å². The highest BCUT2D eigenvalue weighted by molar-refractivity contribution is 6.12. The normalized spacial score (nSPS) is 11.4. The van der Waals surface area contributed by atoms with Crippen LogP contribution in [0.4, 0.5) is 18.9 Å². The summed E-state index contributed by atoms with van der Waals surface area (Å²) >= 11 is 0. The Morgan fingerprint density at radius 2 is 1.62 bits per heavy atom. The molecule has 0 radical (unpaired) electrons. The minimum atomic E-state index is -4.53. The third-order valence-corrected chi connectivity index (χ3v) is 4.97. The van der Waals surface area contributed by atoms with E-state index in [1.165, 1.54) is 30.0 Å². The maximum Gasteiger partial charge on any atom is 0.416 e. The van der Waals surface area contributed by atoms with Crippen LogP contribution in [0.2, 0.25) is 0 Å². The molecule has 3 aromatic carbocycles. The lowest BCUT2D eigenvalue weighted by atomic mass is 10.1. The Hall–Kier alpha value is -4.07. The molecule has 162 valence electrons. The van der Waals surface area contributed by atoms with Crippen LogP contribution >= 0.6 is 0 Å². The minimum absolute atomic E-state index is 0.00361. The van der Waals surface area contributed by atoms with E-state index in [1.807, 2.05) is 0 Å². The van der Waals surface area contributed by atoms with Crippen molar-refractivity contribution in [3.8, 4) is 11.4 Å². The summed E-state index contributed by atoms with van der Waals surface area (Å²) in [4.78, 5) is 26.1. The van der Waals surface area contributed by atoms with Crippen molar-refractivity contribution in [2.24, 2.45) is 0 Å². The molecule has 0 spiro atoms. The van der Waals surface area contributed by atoms with Crippen LogP contribution < -0.4 is 15.6 Å². The van der Waals surface area contributed by atoms with Gasteiger partial charge in [0.15, 0.2) is 0 Å². The second-order valence-electron chi connectivity index (χ2n) is 6.99. The zero-order valence-electron chi connectivity index (χ0n) is 16.8. The zero-order chi connectivity index (χ0) is 22.9. The summed E-state index contributed by atoms with van der Waals surface area (Å²) in [5.74, 6) is -0.0344. The number of carbonyl (C=O) groups is 1. The van der Waals surface area contributed by atoms with Gasteiger partial charge >= 0.3 is 6.18 Å². The van der Waals surface area contributed by atoms with Crippen LogP contribution in [0.5, 0.6) is 5.75 Å². The predicted octanol–water partition coefficient (Wildman–Crippen LogP) is 5.27. The second kappa shape index (κ2) is 8.22. The first-order valence-corrected chi connectivity index (χ1v) is 9.55. The molecule has 4 aromatic rings. The minimum Gasteiger partial charge on any atom is -0.497 e. The van der Waals surface area contributed by atoms with Crippen molar-refractivity contribution in [3.05, 3.63) is 100 Å². The number of rotatable bonds is 4. The standard InChI is InChI=1S/C24H17F3N2O3/c1-32-18-11-9-17(10-12-18)29-14-21(19-7-2-3-8-20(19)23(29)31)22(30)28-16-6-4-5-15(13-16)24(25,26)27/h2-14H,1H3,(H,28,30). The number of anilines is 1. The van der Waals surface area contributed by atoms with Crippen molar-refractivity contribution in [2.45, 2.75) is 6.18 Å². The average molecular weight is 438 g/mol. The monoisotopic (exact) mass is 438 g/mol. The van der Waals surface area contributed by atoms with Crippen molar-refractivity contribution in [2.75, 3.05) is 12.4 Å². The topological polar surface area (TPSA) is 60.3 Å². The number of fused-ring (bicyclic) bond motifs is 1. The highest BCUT2D eigenvalue weighted by Gasteiger charge is 2.30. The smallest absolute Gasteiger partial charge is 0.416 e. The molecule has 1 N–H and O–H groups in total. The number of halogens is 3. The molecule has 0 saturated carbocycles. The maximum atomic E-state index is 13.1. The van der Waals surface area contributed by atoms with Crippen LogP contribution in [0.1, 0.15) is 15.9 Å². The quantitative estimate of drug-likeness (QED) is 0.472. The largest absolute Gasteiger partial charge is 0.497 e. The number of methoxy groups -OCH3 is 1. The van der Waals surface area contributed by atoms with E-state index in [-0.39, 0.29) is 16.8 Å². The number of alkyl halides is 3. The number of nitrogens with zero attached hydrogens (tertiary/aromatic N) is 1. The van der Waals surface area contributed by atoms with Gasteiger partial charge in [0.2, 0.25) is 0 Å². The molecule has 1 aromatic heterocycles. The summed E-state index contributed by atoms with van der Waals surface area (Å²) in [6, 6.07) is 17.6. The van der Waals surface area contributed by atoms with Gasteiger partial charge < -0.3 is 10.1 Å². The molecule has 0 aliphatic heterocycles. The molecule has 0 bridgehead atoms. The van der Waals surface area contributed by atoms with E-state index < -0.39 is 17.6 Å². The van der Waals surface area contributed by atoms with Crippen molar-refractivity contribution in [3.63, 3.8) is 0 Å². The van der Waals surface area contributed by atoms with Gasteiger partial charge in [-0.1, -0.05) is 24.3 Å². The Kier molecular flexibility index (Phi) is 5.44. The van der Waals surface area contributed by atoms with Crippen LogP contribution in [-0.2, 0) is 6.18 Å². The van der Waals surface area contributed by atoms with Crippen molar-refractivity contribution in [1.82, 2.24) is 4.57 Å². The molecular weight excluding hydrogens is 421 g/mol. The van der Waals surface area contributed by atoms with Gasteiger partial charge in [0.1, 0.15) is 5.75 Å². The number of nitrogens with one attached hydrogen (secondary N) is 1. The Labute approximate surface area is 180 Å². The summed E-state index contributed by atoms with van der Waals surface area (Å²) in [5, 5.41) is 3.21. The molecule has 1 amide bonds. The van der Waals surface area contributed by atoms with Gasteiger partial charge in [-0.3, -0.25) is 14.2 Å². The summed E-state index contributed by atoms with van der Waals surface area (Å²) in [5.41, 5.74) is -0.552. The van der Waals surface area contributed by atoms with E-state index in [2.05, 4.69) is 5.32 Å². The lowest BCUT2D eigenvalue weighted by Crippen LogP contribution is -2.22. The molecule has 1 heterocycles. The number of hydrogen-bond donors (Lipinski definition) is 1. The number of amides is 1. The first-order valence-electron chi connectivity index (χ1n) is 9.55. The van der Waals surface area contributed by atoms with E-state index in [4.69, 9.17) is 4.74 Å². The molecule has 8 heteroatoms. The lowest BCUT2D eigenvalue weighted by Gasteiger charge is -2.14. The first kappa shape index (κ1) is 21.2. The Bertz CT molecular complexity index is 1360. The lowest BCUT2D eigenvalue weighted by molar-refractivity contribution is -0.137. The van der Waals surface area contributed by atoms with E-state index in [0.29, 0.717) is 22.2 Å². The number of pyridine rings is 1. The van der Waals surface area contributed by atoms with Crippen molar-refractivity contribution >= 4 is 22.4 Å². The molecular formula is C24H17F3N2O3. The maximum absolute atomic E-state index is 13.1. The molecule has 0 fully saturated rings. The van der Waals surface area contributed by atoms with Crippen molar-refractivity contribution in [1.29, 1.82) is 0 Å². The summed E-state index contributed by atoms with van der Waals surface area (Å²) in [6.07, 6.45) is -3.15. The zero-order valence-corrected chi connectivity index (χ0v) is 16.8. The van der Waals surface area contributed by atoms with Crippen LogP contribution in [0.25, 0.3) is 16.5 Å². The molecule has 0 atom stereocenters. The van der Waals surface area contributed by atoms with Gasteiger partial charge in [0, 0.05) is 28.3 Å². The van der Waals surface area contributed by atoms with Crippen molar-refractivity contribution < 1.29 is 22.7 Å². The summed E-state index contributed by atoms with van der Waals surface area (Å²) < 4.78 is 45.5. The Morgan fingerprint density at radius 1 is 0.938 bits per heavy atom.